The molecule has 0 N–H and O–H groups in total. The van der Waals surface area contributed by atoms with Crippen molar-refractivity contribution in [3.8, 4) is 11.5 Å². The smallest absolute Gasteiger partial charge is 0.405 e. The molecule has 0 bridgehead atoms. The quantitative estimate of drug-likeness (QED) is 0.160. The first kappa shape index (κ1) is 31.1. The Morgan fingerprint density at radius 2 is 1.24 bits per heavy atom. The average Bonchev–Trinajstić information content (AvgIpc) is 2.93. The third-order valence-corrected chi connectivity index (χ3v) is 11.7. The summed E-state index contributed by atoms with van der Waals surface area (Å²) in [5, 5.41) is 2.23. The molecule has 3 aromatic carbocycles. The van der Waals surface area contributed by atoms with Gasteiger partial charge in [-0.25, -0.2) is 4.44 Å². The van der Waals surface area contributed by atoms with Crippen LogP contribution < -0.4 is 25.4 Å². The van der Waals surface area contributed by atoms with Crippen LogP contribution in [0.3, 0.4) is 0 Å². The van der Waals surface area contributed by atoms with Crippen molar-refractivity contribution in [2.75, 3.05) is 6.54 Å². The first-order valence-corrected chi connectivity index (χ1v) is 15.6. The van der Waals surface area contributed by atoms with Gasteiger partial charge in [0.2, 0.25) is 0 Å². The Morgan fingerprint density at radius 1 is 0.707 bits per heavy atom. The summed E-state index contributed by atoms with van der Waals surface area (Å²) in [5.74, 6) is -0.658. The second kappa shape index (κ2) is 13.9. The Bertz CT molecular complexity index is 1340. The molecule has 0 aromatic heterocycles. The molecule has 0 fully saturated rings. The van der Waals surface area contributed by atoms with E-state index in [0.717, 1.165) is 23.5 Å². The molecule has 1 aliphatic rings. The summed E-state index contributed by atoms with van der Waals surface area (Å²) in [5.41, 5.74) is 0. The third-order valence-electron chi connectivity index (χ3n) is 6.03. The predicted molar refractivity (Wildman–Crippen MR) is 154 cm³/mol. The van der Waals surface area contributed by atoms with E-state index < -0.39 is 28.9 Å². The number of unbranched alkanes of at least 4 members (excludes halogenated alkanes) is 1. The molecule has 0 saturated heterocycles. The van der Waals surface area contributed by atoms with Gasteiger partial charge in [-0.1, -0.05) is 86.2 Å². The fourth-order valence-electron chi connectivity index (χ4n) is 4.39. The molecule has 2 unspecified atom stereocenters. The van der Waals surface area contributed by atoms with Crippen LogP contribution in [0.1, 0.15) is 32.6 Å². The Morgan fingerprint density at radius 3 is 1.76 bits per heavy atom. The van der Waals surface area contributed by atoms with Crippen LogP contribution in [0.25, 0.3) is 0 Å². The first-order valence-electron chi connectivity index (χ1n) is 13.1. The molecule has 41 heavy (non-hydrogen) atoms. The van der Waals surface area contributed by atoms with Crippen molar-refractivity contribution in [2.24, 2.45) is 0 Å². The first-order chi connectivity index (χ1) is 19.6. The maximum atomic E-state index is 13.6. The maximum absolute atomic E-state index is 13.6. The molecular formula is C30H29F6NO2P2. The summed E-state index contributed by atoms with van der Waals surface area (Å²) in [6.45, 7) is 2.42. The van der Waals surface area contributed by atoms with Gasteiger partial charge in [0.05, 0.1) is 0 Å². The highest BCUT2D eigenvalue weighted by atomic mass is 31.2. The van der Waals surface area contributed by atoms with E-state index in [-0.39, 0.29) is 11.5 Å². The van der Waals surface area contributed by atoms with Gasteiger partial charge in [0.1, 0.15) is 11.5 Å². The Balaban J connectivity index is 1.99. The number of allylic oxidation sites excluding steroid dienone is 4. The second-order valence-electron chi connectivity index (χ2n) is 9.05. The van der Waals surface area contributed by atoms with Crippen molar-refractivity contribution in [2.45, 2.75) is 45.3 Å². The second-order valence-corrected chi connectivity index (χ2v) is 13.6. The number of hydrogen-bond donors (Lipinski definition) is 0. The molecule has 0 saturated carbocycles. The number of alkyl halides is 6. The highest BCUT2D eigenvalue weighted by molar-refractivity contribution is 7.83. The van der Waals surface area contributed by atoms with Gasteiger partial charge >= 0.3 is 12.7 Å². The van der Waals surface area contributed by atoms with Crippen LogP contribution >= 0.6 is 16.1 Å². The van der Waals surface area contributed by atoms with Crippen molar-refractivity contribution in [3.05, 3.63) is 102 Å². The maximum Gasteiger partial charge on any atom is 0.573 e. The Hall–Kier alpha value is -2.86. The minimum Gasteiger partial charge on any atom is -0.405 e. The summed E-state index contributed by atoms with van der Waals surface area (Å²) in [6.07, 6.45) is -1.01. The van der Waals surface area contributed by atoms with E-state index in [1.807, 2.05) is 43.4 Å². The van der Waals surface area contributed by atoms with Crippen LogP contribution in [0.15, 0.2) is 102 Å². The minimum absolute atomic E-state index is 0.323. The van der Waals surface area contributed by atoms with E-state index in [4.69, 9.17) is 0 Å². The van der Waals surface area contributed by atoms with Crippen LogP contribution in [-0.2, 0) is 0 Å². The molecule has 0 spiro atoms. The lowest BCUT2D eigenvalue weighted by Gasteiger charge is -2.40. The molecule has 1 aliphatic carbocycles. The van der Waals surface area contributed by atoms with Gasteiger partial charge in [-0.3, -0.25) is 0 Å². The number of ether oxygens (including phenoxy) is 2. The van der Waals surface area contributed by atoms with Crippen LogP contribution in [0.4, 0.5) is 26.3 Å². The van der Waals surface area contributed by atoms with Gasteiger partial charge in [-0.15, -0.1) is 26.3 Å². The number of para-hydroxylation sites is 2. The zero-order chi connectivity index (χ0) is 29.5. The van der Waals surface area contributed by atoms with Gasteiger partial charge in [0.15, 0.2) is 0 Å². The molecular weight excluding hydrogens is 582 g/mol. The fraction of sp³-hybridized carbons (Fsp3) is 0.267. The molecule has 0 aliphatic heterocycles. The van der Waals surface area contributed by atoms with E-state index in [0.29, 0.717) is 30.0 Å². The monoisotopic (exact) mass is 611 g/mol. The van der Waals surface area contributed by atoms with Crippen LogP contribution in [0.2, 0.25) is 0 Å². The third kappa shape index (κ3) is 8.57. The molecule has 11 heteroatoms. The summed E-state index contributed by atoms with van der Waals surface area (Å²) in [6, 6.07) is 21.1. The van der Waals surface area contributed by atoms with E-state index in [1.165, 1.54) is 24.3 Å². The molecule has 0 heterocycles. The number of rotatable bonds is 11. The highest BCUT2D eigenvalue weighted by Gasteiger charge is 2.39. The molecule has 218 valence electrons. The predicted octanol–water partition coefficient (Wildman–Crippen LogP) is 8.89. The van der Waals surface area contributed by atoms with E-state index in [9.17, 15) is 26.3 Å². The lowest BCUT2D eigenvalue weighted by Crippen LogP contribution is -2.32. The normalized spacial score (nSPS) is 15.4. The van der Waals surface area contributed by atoms with E-state index in [1.54, 1.807) is 36.4 Å². The van der Waals surface area contributed by atoms with Crippen molar-refractivity contribution in [1.29, 1.82) is 0 Å². The fourth-order valence-corrected chi connectivity index (χ4v) is 10.7. The lowest BCUT2D eigenvalue weighted by atomic mass is 10.2. The van der Waals surface area contributed by atoms with Crippen LogP contribution in [0, 0.1) is 0 Å². The van der Waals surface area contributed by atoms with Crippen molar-refractivity contribution < 1.29 is 35.8 Å². The largest absolute Gasteiger partial charge is 0.573 e. The van der Waals surface area contributed by atoms with Gasteiger partial charge in [-0.2, -0.15) is 0 Å². The molecule has 3 nitrogen and oxygen atoms in total. The lowest BCUT2D eigenvalue weighted by molar-refractivity contribution is -0.275. The Kier molecular flexibility index (Phi) is 10.5. The number of hydrogen-bond acceptors (Lipinski definition) is 3. The summed E-state index contributed by atoms with van der Waals surface area (Å²) in [7, 11) is -3.39. The number of nitrogens with zero attached hydrogens (tertiary/aromatic N) is 1. The van der Waals surface area contributed by atoms with Gasteiger partial charge in [0.25, 0.3) is 0 Å². The number of halogens is 6. The van der Waals surface area contributed by atoms with E-state index >= 15 is 0 Å². The zero-order valence-electron chi connectivity index (χ0n) is 22.2. The van der Waals surface area contributed by atoms with Crippen molar-refractivity contribution in [1.82, 2.24) is 4.44 Å². The molecule has 3 aromatic rings. The Labute approximate surface area is 238 Å². The van der Waals surface area contributed by atoms with Crippen molar-refractivity contribution >= 4 is 32.1 Å². The standard InChI is InChI=1S/C30H29F6NO2P2/c1-2-3-22-37(40(23-14-6-4-7-15-23)27-20-12-10-18-25(27)38-29(31,32)33)41(24-16-8-5-9-17-24)28-21-13-11-19-26(28)39-30(34,35)36/h4,6-8,10-21H,2-3,5,9,22H2,1H3. The molecule has 0 amide bonds. The summed E-state index contributed by atoms with van der Waals surface area (Å²) in [4.78, 5) is 0. The van der Waals surface area contributed by atoms with Crippen LogP contribution in [0.5, 0.6) is 11.5 Å². The van der Waals surface area contributed by atoms with E-state index in [2.05, 4.69) is 13.9 Å². The topological polar surface area (TPSA) is 21.7 Å². The minimum atomic E-state index is -4.92. The summed E-state index contributed by atoms with van der Waals surface area (Å²) < 4.78 is 92.4. The van der Waals surface area contributed by atoms with Crippen LogP contribution in [-0.4, -0.2) is 23.7 Å². The van der Waals surface area contributed by atoms with Crippen molar-refractivity contribution in [3.63, 3.8) is 0 Å². The SMILES string of the molecule is CCCCN(P(C1=CCCC=C1)c1ccccc1OC(F)(F)F)P(c1ccccc1)c1ccccc1OC(F)(F)F. The van der Waals surface area contributed by atoms with Gasteiger partial charge in [0, 0.05) is 33.3 Å². The highest BCUT2D eigenvalue weighted by Crippen LogP contribution is 2.62. The molecule has 4 rings (SSSR count). The summed E-state index contributed by atoms with van der Waals surface area (Å²) >= 11 is 0. The van der Waals surface area contributed by atoms with Gasteiger partial charge < -0.3 is 9.47 Å². The zero-order valence-corrected chi connectivity index (χ0v) is 24.0. The molecule has 0 radical (unpaired) electrons. The number of benzene rings is 3. The average molecular weight is 612 g/mol. The van der Waals surface area contributed by atoms with Gasteiger partial charge in [-0.05, 0) is 54.1 Å². The molecule has 2 atom stereocenters.